The van der Waals surface area contributed by atoms with Gasteiger partial charge in [-0.2, -0.15) is 5.10 Å². The van der Waals surface area contributed by atoms with E-state index in [0.717, 1.165) is 25.9 Å². The molecular formula is C17H20N2O4. The third-order valence-corrected chi connectivity index (χ3v) is 3.94. The number of hydrogen-bond donors (Lipinski definition) is 0. The monoisotopic (exact) mass is 316 g/mol. The van der Waals surface area contributed by atoms with Crippen LogP contribution in [0.15, 0.2) is 35.4 Å². The summed E-state index contributed by atoms with van der Waals surface area (Å²) in [6.07, 6.45) is 3.61. The van der Waals surface area contributed by atoms with E-state index in [0.29, 0.717) is 12.1 Å². The second kappa shape index (κ2) is 7.37. The van der Waals surface area contributed by atoms with Crippen molar-refractivity contribution >= 4 is 23.3 Å². The molecule has 23 heavy (non-hydrogen) atoms. The summed E-state index contributed by atoms with van der Waals surface area (Å²) in [6, 6.07) is 9.08. The van der Waals surface area contributed by atoms with Gasteiger partial charge in [0.15, 0.2) is 0 Å². The highest BCUT2D eigenvalue weighted by Crippen LogP contribution is 2.20. The van der Waals surface area contributed by atoms with Gasteiger partial charge in [0.05, 0.1) is 11.8 Å². The van der Waals surface area contributed by atoms with E-state index in [9.17, 15) is 9.59 Å². The molecule has 1 unspecified atom stereocenters. The van der Waals surface area contributed by atoms with Crippen molar-refractivity contribution in [3.05, 3.63) is 30.3 Å². The number of amides is 1. The number of carbonyl (C=O) groups is 2. The first-order chi connectivity index (χ1) is 11.2. The molecule has 0 aromatic heterocycles. The highest BCUT2D eigenvalue weighted by atomic mass is 16.6. The molecule has 6 heteroatoms. The van der Waals surface area contributed by atoms with Crippen molar-refractivity contribution in [2.24, 2.45) is 5.10 Å². The van der Waals surface area contributed by atoms with Gasteiger partial charge in [0, 0.05) is 19.4 Å². The molecule has 2 aliphatic heterocycles. The number of carbonyl (C=O) groups excluding carboxylic acids is 2. The predicted octanol–water partition coefficient (Wildman–Crippen LogP) is 2.28. The number of anilines is 1. The number of hydrogen-bond acceptors (Lipinski definition) is 5. The molecule has 6 nitrogen and oxygen atoms in total. The van der Waals surface area contributed by atoms with Crippen molar-refractivity contribution in [2.45, 2.75) is 38.2 Å². The summed E-state index contributed by atoms with van der Waals surface area (Å²) >= 11 is 0. The Kier molecular flexibility index (Phi) is 5.02. The number of rotatable bonds is 4. The second-order valence-electron chi connectivity index (χ2n) is 5.67. The zero-order chi connectivity index (χ0) is 16.1. The van der Waals surface area contributed by atoms with Crippen molar-refractivity contribution in [3.63, 3.8) is 0 Å². The SMILES string of the molecule is O=C(OCC1CCCCO1)C1=NN(c2ccccc2)C(=O)CC1. The first-order valence-corrected chi connectivity index (χ1v) is 7.98. The molecule has 1 aromatic rings. The minimum Gasteiger partial charge on any atom is -0.458 e. The largest absolute Gasteiger partial charge is 0.458 e. The molecule has 2 aliphatic rings. The van der Waals surface area contributed by atoms with Gasteiger partial charge < -0.3 is 9.47 Å². The summed E-state index contributed by atoms with van der Waals surface area (Å²) in [6.45, 7) is 0.969. The average Bonchev–Trinajstić information content (AvgIpc) is 2.62. The summed E-state index contributed by atoms with van der Waals surface area (Å²) in [7, 11) is 0. The second-order valence-corrected chi connectivity index (χ2v) is 5.67. The van der Waals surface area contributed by atoms with E-state index in [1.165, 1.54) is 5.01 Å². The first kappa shape index (κ1) is 15.7. The van der Waals surface area contributed by atoms with Crippen LogP contribution in [-0.2, 0) is 19.1 Å². The number of ether oxygens (including phenoxy) is 2. The third-order valence-electron chi connectivity index (χ3n) is 3.94. The minimum atomic E-state index is -0.465. The van der Waals surface area contributed by atoms with E-state index in [1.54, 1.807) is 12.1 Å². The molecule has 1 fully saturated rings. The smallest absolute Gasteiger partial charge is 0.354 e. The molecule has 0 saturated carbocycles. The molecule has 3 rings (SSSR count). The Morgan fingerprint density at radius 3 is 2.83 bits per heavy atom. The zero-order valence-corrected chi connectivity index (χ0v) is 12.9. The van der Waals surface area contributed by atoms with Gasteiger partial charge in [0.2, 0.25) is 5.91 Å². The minimum absolute atomic E-state index is 0.0243. The molecule has 0 N–H and O–H groups in total. The molecule has 1 aromatic carbocycles. The van der Waals surface area contributed by atoms with Crippen LogP contribution in [0.1, 0.15) is 32.1 Å². The highest BCUT2D eigenvalue weighted by Gasteiger charge is 2.27. The summed E-state index contributed by atoms with van der Waals surface area (Å²) < 4.78 is 10.8. The Balaban J connectivity index is 1.64. The number of para-hydroxylation sites is 1. The van der Waals surface area contributed by atoms with Crippen LogP contribution in [0.4, 0.5) is 5.69 Å². The zero-order valence-electron chi connectivity index (χ0n) is 12.9. The van der Waals surface area contributed by atoms with Crippen molar-refractivity contribution in [3.8, 4) is 0 Å². The third kappa shape index (κ3) is 3.96. The van der Waals surface area contributed by atoms with Gasteiger partial charge in [-0.15, -0.1) is 0 Å². The highest BCUT2D eigenvalue weighted by molar-refractivity contribution is 6.38. The fraction of sp³-hybridized carbons (Fsp3) is 0.471. The standard InChI is InChI=1S/C17H20N2O4/c20-16-10-9-15(18-19(16)13-6-2-1-3-7-13)17(21)23-12-14-8-4-5-11-22-14/h1-3,6-7,14H,4-5,8-12H2. The van der Waals surface area contributed by atoms with Gasteiger partial charge in [-0.05, 0) is 31.4 Å². The molecule has 122 valence electrons. The Bertz CT molecular complexity index is 594. The van der Waals surface area contributed by atoms with Crippen LogP contribution < -0.4 is 5.01 Å². The van der Waals surface area contributed by atoms with Crippen LogP contribution >= 0.6 is 0 Å². The lowest BCUT2D eigenvalue weighted by atomic mass is 10.1. The van der Waals surface area contributed by atoms with Crippen LogP contribution in [0.5, 0.6) is 0 Å². The quantitative estimate of drug-likeness (QED) is 0.799. The molecule has 0 aliphatic carbocycles. The van der Waals surface area contributed by atoms with E-state index in [-0.39, 0.29) is 30.8 Å². The van der Waals surface area contributed by atoms with E-state index in [1.807, 2.05) is 18.2 Å². The van der Waals surface area contributed by atoms with Crippen LogP contribution in [0.3, 0.4) is 0 Å². The lowest BCUT2D eigenvalue weighted by molar-refractivity contribution is -0.141. The molecule has 1 atom stereocenters. The van der Waals surface area contributed by atoms with Crippen molar-refractivity contribution in [1.29, 1.82) is 0 Å². The summed E-state index contributed by atoms with van der Waals surface area (Å²) in [5, 5.41) is 5.46. The van der Waals surface area contributed by atoms with Gasteiger partial charge in [-0.1, -0.05) is 18.2 Å². The van der Waals surface area contributed by atoms with E-state index < -0.39 is 5.97 Å². The lowest BCUT2D eigenvalue weighted by Crippen LogP contribution is -2.36. The lowest BCUT2D eigenvalue weighted by Gasteiger charge is -2.24. The number of hydrazone groups is 1. The maximum Gasteiger partial charge on any atom is 0.354 e. The molecule has 0 bridgehead atoms. The summed E-state index contributed by atoms with van der Waals surface area (Å²) in [5.41, 5.74) is 0.933. The fourth-order valence-electron chi connectivity index (χ4n) is 2.66. The Labute approximate surface area is 135 Å². The molecule has 0 spiro atoms. The molecule has 1 amide bonds. The van der Waals surface area contributed by atoms with Crippen molar-refractivity contribution in [2.75, 3.05) is 18.2 Å². The van der Waals surface area contributed by atoms with E-state index in [2.05, 4.69) is 5.10 Å². The topological polar surface area (TPSA) is 68.2 Å². The Morgan fingerprint density at radius 1 is 1.26 bits per heavy atom. The summed E-state index contributed by atoms with van der Waals surface area (Å²) in [5.74, 6) is -0.587. The number of benzene rings is 1. The predicted molar refractivity (Wildman–Crippen MR) is 85.1 cm³/mol. The number of nitrogens with zero attached hydrogens (tertiary/aromatic N) is 2. The Morgan fingerprint density at radius 2 is 2.09 bits per heavy atom. The Hall–Kier alpha value is -2.21. The van der Waals surface area contributed by atoms with Crippen LogP contribution in [0.2, 0.25) is 0 Å². The van der Waals surface area contributed by atoms with Gasteiger partial charge in [-0.3, -0.25) is 4.79 Å². The average molecular weight is 316 g/mol. The fourth-order valence-corrected chi connectivity index (χ4v) is 2.66. The van der Waals surface area contributed by atoms with Crippen LogP contribution in [-0.4, -0.2) is 36.9 Å². The van der Waals surface area contributed by atoms with Gasteiger partial charge in [-0.25, -0.2) is 9.80 Å². The van der Waals surface area contributed by atoms with E-state index in [4.69, 9.17) is 9.47 Å². The molecular weight excluding hydrogens is 296 g/mol. The summed E-state index contributed by atoms with van der Waals surface area (Å²) in [4.78, 5) is 24.2. The van der Waals surface area contributed by atoms with Crippen LogP contribution in [0.25, 0.3) is 0 Å². The van der Waals surface area contributed by atoms with Gasteiger partial charge >= 0.3 is 5.97 Å². The molecule has 0 radical (unpaired) electrons. The van der Waals surface area contributed by atoms with Crippen molar-refractivity contribution < 1.29 is 19.1 Å². The molecule has 2 heterocycles. The normalized spacial score (nSPS) is 21.7. The van der Waals surface area contributed by atoms with Crippen molar-refractivity contribution in [1.82, 2.24) is 0 Å². The van der Waals surface area contributed by atoms with Gasteiger partial charge in [0.25, 0.3) is 0 Å². The number of esters is 1. The first-order valence-electron chi connectivity index (χ1n) is 7.98. The van der Waals surface area contributed by atoms with E-state index >= 15 is 0 Å². The maximum atomic E-state index is 12.2. The van der Waals surface area contributed by atoms with Gasteiger partial charge in [0.1, 0.15) is 12.3 Å². The molecule has 1 saturated heterocycles. The maximum absolute atomic E-state index is 12.2. The van der Waals surface area contributed by atoms with Crippen LogP contribution in [0, 0.1) is 0 Å².